The van der Waals surface area contributed by atoms with Gasteiger partial charge in [0.1, 0.15) is 18.3 Å². The van der Waals surface area contributed by atoms with Gasteiger partial charge in [0.05, 0.1) is 6.61 Å². The predicted molar refractivity (Wildman–Crippen MR) is 44.5 cm³/mol. The Labute approximate surface area is 117 Å². The van der Waals surface area contributed by atoms with Crippen molar-refractivity contribution in [3.8, 4) is 0 Å². The third kappa shape index (κ3) is 5.01. The molecule has 0 saturated carbocycles. The van der Waals surface area contributed by atoms with E-state index < -0.39 is 37.0 Å². The third-order valence-electron chi connectivity index (χ3n) is 1.51. The molecule has 0 fully saturated rings. The summed E-state index contributed by atoms with van der Waals surface area (Å²) in [6.07, 6.45) is -7.84. The Bertz CT molecular complexity index is 176. The number of carbonyl (C=O) groups is 1. The minimum atomic E-state index is -2.20. The Morgan fingerprint density at radius 3 is 1.79 bits per heavy atom. The zero-order chi connectivity index (χ0) is 10.6. The summed E-state index contributed by atoms with van der Waals surface area (Å²) in [4.78, 5) is 10.1. The Morgan fingerprint density at radius 1 is 1.07 bits per heavy atom. The normalized spacial score (nSPS) is 18.9. The van der Waals surface area contributed by atoms with Gasteiger partial charge in [0.25, 0.3) is 0 Å². The first kappa shape index (κ1) is 17.2. The molecule has 80 valence electrons. The summed E-state index contributed by atoms with van der Waals surface area (Å²) in [7, 11) is 0. The maximum Gasteiger partial charge on any atom is 0.335 e. The van der Waals surface area contributed by atoms with E-state index >= 15 is 0 Å². The van der Waals surface area contributed by atoms with E-state index in [4.69, 9.17) is 30.6 Å². The molecule has 0 aromatic rings. The number of hydrogen-bond donors (Lipinski definition) is 6. The molecule has 2 radical (unpaired) electrons. The maximum atomic E-state index is 10.1. The summed E-state index contributed by atoms with van der Waals surface area (Å²) < 4.78 is 0. The largest absolute Gasteiger partial charge is 0.479 e. The van der Waals surface area contributed by atoms with E-state index in [1.54, 1.807) is 0 Å². The second kappa shape index (κ2) is 7.97. The summed E-state index contributed by atoms with van der Waals surface area (Å²) in [6, 6.07) is 0. The maximum absolute atomic E-state index is 10.1. The first-order valence-corrected chi connectivity index (χ1v) is 3.47. The van der Waals surface area contributed by atoms with Crippen LogP contribution in [0.2, 0.25) is 0 Å². The zero-order valence-corrected chi connectivity index (χ0v) is 10.8. The summed E-state index contributed by atoms with van der Waals surface area (Å²) in [6.45, 7) is -0.843. The van der Waals surface area contributed by atoms with E-state index in [-0.39, 0.29) is 45.5 Å². The summed E-state index contributed by atoms with van der Waals surface area (Å²) in [5.74, 6) is -1.73. The molecule has 0 amide bonds. The smallest absolute Gasteiger partial charge is 0.335 e. The van der Waals surface area contributed by atoms with Crippen molar-refractivity contribution in [1.82, 2.24) is 0 Å². The molecule has 0 aliphatic heterocycles. The van der Waals surface area contributed by atoms with Crippen molar-refractivity contribution < 1.29 is 35.4 Å². The quantitative estimate of drug-likeness (QED) is 0.284. The van der Waals surface area contributed by atoms with Crippen LogP contribution in [0.5, 0.6) is 0 Å². The summed E-state index contributed by atoms with van der Waals surface area (Å²) in [5, 5.41) is 51.8. The second-order valence-electron chi connectivity index (χ2n) is 2.51. The molecular weight excluding hydrogens is 272 g/mol. The van der Waals surface area contributed by atoms with Gasteiger partial charge < -0.3 is 30.6 Å². The molecule has 0 aliphatic carbocycles. The average Bonchev–Trinajstić information content (AvgIpc) is 2.12. The van der Waals surface area contributed by atoms with Crippen molar-refractivity contribution in [2.45, 2.75) is 24.4 Å². The fourth-order valence-corrected chi connectivity index (χ4v) is 0.668. The molecule has 0 spiro atoms. The molecule has 0 unspecified atom stereocenters. The van der Waals surface area contributed by atoms with Crippen molar-refractivity contribution in [2.75, 3.05) is 6.61 Å². The Kier molecular flexibility index (Phi) is 9.76. The van der Waals surface area contributed by atoms with Gasteiger partial charge in [-0.25, -0.2) is 4.79 Å². The Balaban J connectivity index is 0. The summed E-state index contributed by atoms with van der Waals surface area (Å²) in [5.41, 5.74) is 0. The van der Waals surface area contributed by atoms with Crippen molar-refractivity contribution in [1.29, 1.82) is 0 Å². The molecule has 0 rings (SSSR count). The first-order chi connectivity index (χ1) is 5.91. The number of aliphatic hydroxyl groups is 5. The molecule has 0 aromatic heterocycles. The number of aliphatic hydroxyl groups excluding tert-OH is 5. The topological polar surface area (TPSA) is 138 Å². The standard InChI is InChI=1S/C6H12O7.Sr/c7-1-2(8)3(9)4(10)5(11)6(12)13;/h2-5,7-11H,1H2,(H,12,13);/t2-,3-,4+,5-;/m1./s1. The van der Waals surface area contributed by atoms with Crippen LogP contribution in [0.3, 0.4) is 0 Å². The van der Waals surface area contributed by atoms with Crippen LogP contribution >= 0.6 is 0 Å². The third-order valence-corrected chi connectivity index (χ3v) is 1.51. The van der Waals surface area contributed by atoms with E-state index in [0.29, 0.717) is 0 Å². The van der Waals surface area contributed by atoms with Crippen LogP contribution in [-0.4, -0.2) is 113 Å². The molecule has 4 atom stereocenters. The average molecular weight is 284 g/mol. The first-order valence-electron chi connectivity index (χ1n) is 3.47. The van der Waals surface area contributed by atoms with E-state index in [1.807, 2.05) is 0 Å². The van der Waals surface area contributed by atoms with Gasteiger partial charge in [0.15, 0.2) is 6.10 Å². The fraction of sp³-hybridized carbons (Fsp3) is 0.833. The van der Waals surface area contributed by atoms with E-state index in [0.717, 1.165) is 0 Å². The zero-order valence-electron chi connectivity index (χ0n) is 7.32. The molecule has 6 N–H and O–H groups in total. The molecular formula is C6H12O7Sr. The minimum absolute atomic E-state index is 0. The number of carboxylic acids is 1. The minimum Gasteiger partial charge on any atom is -0.479 e. The van der Waals surface area contributed by atoms with Gasteiger partial charge in [-0.05, 0) is 0 Å². The van der Waals surface area contributed by atoms with Crippen molar-refractivity contribution >= 4 is 51.5 Å². The SMILES string of the molecule is O=C(O)[C@H](O)[C@@H](O)[C@H](O)[C@H](O)CO.[Sr]. The van der Waals surface area contributed by atoms with Gasteiger partial charge >= 0.3 is 5.97 Å². The fourth-order valence-electron chi connectivity index (χ4n) is 0.668. The molecule has 0 aliphatic rings. The van der Waals surface area contributed by atoms with Crippen LogP contribution in [0.1, 0.15) is 0 Å². The Hall–Kier alpha value is 0.751. The van der Waals surface area contributed by atoms with Gasteiger partial charge in [-0.2, -0.15) is 0 Å². The molecule has 14 heavy (non-hydrogen) atoms. The van der Waals surface area contributed by atoms with Gasteiger partial charge in [-0.1, -0.05) is 0 Å². The van der Waals surface area contributed by atoms with Gasteiger partial charge in [0, 0.05) is 45.5 Å². The summed E-state index contributed by atoms with van der Waals surface area (Å²) >= 11 is 0. The van der Waals surface area contributed by atoms with E-state index in [1.165, 1.54) is 0 Å². The number of hydrogen-bond acceptors (Lipinski definition) is 6. The Morgan fingerprint density at radius 2 is 1.50 bits per heavy atom. The van der Waals surface area contributed by atoms with E-state index in [2.05, 4.69) is 0 Å². The number of rotatable bonds is 5. The number of carboxylic acid groups (broad SMARTS) is 1. The van der Waals surface area contributed by atoms with Crippen molar-refractivity contribution in [2.24, 2.45) is 0 Å². The molecule has 0 aromatic carbocycles. The van der Waals surface area contributed by atoms with Crippen LogP contribution < -0.4 is 0 Å². The number of aliphatic carboxylic acids is 1. The van der Waals surface area contributed by atoms with Crippen LogP contribution in [-0.2, 0) is 4.79 Å². The second-order valence-corrected chi connectivity index (χ2v) is 2.51. The van der Waals surface area contributed by atoms with Gasteiger partial charge in [-0.15, -0.1) is 0 Å². The van der Waals surface area contributed by atoms with Crippen molar-refractivity contribution in [3.05, 3.63) is 0 Å². The van der Waals surface area contributed by atoms with Gasteiger partial charge in [0.2, 0.25) is 0 Å². The van der Waals surface area contributed by atoms with Crippen molar-refractivity contribution in [3.63, 3.8) is 0 Å². The van der Waals surface area contributed by atoms with E-state index in [9.17, 15) is 4.79 Å². The molecule has 0 heterocycles. The molecule has 8 heteroatoms. The van der Waals surface area contributed by atoms with Crippen LogP contribution in [0.15, 0.2) is 0 Å². The monoisotopic (exact) mass is 284 g/mol. The predicted octanol–water partition coefficient (Wildman–Crippen LogP) is -3.87. The van der Waals surface area contributed by atoms with Crippen LogP contribution in [0.25, 0.3) is 0 Å². The van der Waals surface area contributed by atoms with Gasteiger partial charge in [-0.3, -0.25) is 0 Å². The van der Waals surface area contributed by atoms with Crippen LogP contribution in [0, 0.1) is 0 Å². The molecule has 0 bridgehead atoms. The molecule has 7 nitrogen and oxygen atoms in total. The van der Waals surface area contributed by atoms with Crippen LogP contribution in [0.4, 0.5) is 0 Å². The molecule has 0 saturated heterocycles.